The van der Waals surface area contributed by atoms with E-state index in [2.05, 4.69) is 5.32 Å². The molecule has 8 nitrogen and oxygen atoms in total. The van der Waals surface area contributed by atoms with Crippen LogP contribution in [-0.4, -0.2) is 45.3 Å². The maximum Gasteiger partial charge on any atom is 0.327 e. The second-order valence-corrected chi connectivity index (χ2v) is 5.56. The van der Waals surface area contributed by atoms with Gasteiger partial charge in [-0.2, -0.15) is 0 Å². The van der Waals surface area contributed by atoms with E-state index in [9.17, 15) is 24.3 Å². The van der Waals surface area contributed by atoms with Gasteiger partial charge >= 0.3 is 5.97 Å². The number of amides is 3. The molecule has 0 aromatic carbocycles. The molecule has 1 fully saturated rings. The lowest BCUT2D eigenvalue weighted by molar-refractivity contribution is -0.702. The summed E-state index contributed by atoms with van der Waals surface area (Å²) < 4.78 is 1.66. The third kappa shape index (κ3) is 3.20. The Balaban J connectivity index is 2.45. The van der Waals surface area contributed by atoms with E-state index in [-0.39, 0.29) is 13.0 Å². The number of rotatable bonds is 4. The van der Waals surface area contributed by atoms with E-state index in [1.807, 2.05) is 0 Å². The minimum Gasteiger partial charge on any atom is -0.480 e. The number of hydrogen-bond donors (Lipinski definition) is 2. The molecule has 2 atom stereocenters. The molecule has 1 saturated heterocycles. The summed E-state index contributed by atoms with van der Waals surface area (Å²) in [5, 5.41) is 11.9. The van der Waals surface area contributed by atoms with Crippen LogP contribution in [0, 0.1) is 0 Å². The van der Waals surface area contributed by atoms with Gasteiger partial charge in [0.15, 0.2) is 24.5 Å². The highest BCUT2D eigenvalue weighted by molar-refractivity contribution is 6.06. The minimum atomic E-state index is -1.47. The van der Waals surface area contributed by atoms with Gasteiger partial charge in [-0.15, -0.1) is 0 Å². The van der Waals surface area contributed by atoms with Crippen molar-refractivity contribution in [1.82, 2.24) is 10.2 Å². The van der Waals surface area contributed by atoms with Gasteiger partial charge < -0.3 is 10.4 Å². The van der Waals surface area contributed by atoms with Crippen LogP contribution in [0.4, 0.5) is 0 Å². The van der Waals surface area contributed by atoms with Crippen molar-refractivity contribution in [3.8, 4) is 0 Å². The number of carboxylic acid groups (broad SMARTS) is 1. The van der Waals surface area contributed by atoms with Crippen molar-refractivity contribution < 1.29 is 28.9 Å². The smallest absolute Gasteiger partial charge is 0.327 e. The lowest BCUT2D eigenvalue weighted by Gasteiger charge is -2.24. The fourth-order valence-corrected chi connectivity index (χ4v) is 2.91. The first-order valence-corrected chi connectivity index (χ1v) is 7.07. The van der Waals surface area contributed by atoms with E-state index in [0.717, 1.165) is 6.92 Å². The van der Waals surface area contributed by atoms with E-state index in [0.29, 0.717) is 4.90 Å². The van der Waals surface area contributed by atoms with Crippen molar-refractivity contribution in [2.75, 3.05) is 0 Å². The summed E-state index contributed by atoms with van der Waals surface area (Å²) in [6.07, 6.45) is 3.22. The van der Waals surface area contributed by atoms with E-state index >= 15 is 0 Å². The summed E-state index contributed by atoms with van der Waals surface area (Å²) in [5.41, 5.74) is -1.47. The Labute approximate surface area is 132 Å². The highest BCUT2D eigenvalue weighted by atomic mass is 16.4. The van der Waals surface area contributed by atoms with Crippen molar-refractivity contribution in [2.24, 2.45) is 0 Å². The number of aliphatic carboxylic acids is 1. The summed E-state index contributed by atoms with van der Waals surface area (Å²) in [5.74, 6) is -3.11. The van der Waals surface area contributed by atoms with Crippen LogP contribution in [0.5, 0.6) is 0 Å². The Hall–Kier alpha value is -2.77. The lowest BCUT2D eigenvalue weighted by Crippen LogP contribution is -2.61. The summed E-state index contributed by atoms with van der Waals surface area (Å²) in [7, 11) is 0. The molecule has 2 heterocycles. The summed E-state index contributed by atoms with van der Waals surface area (Å²) in [6, 6.07) is 3.99. The first-order valence-electron chi connectivity index (χ1n) is 7.07. The predicted octanol–water partition coefficient (Wildman–Crippen LogP) is -0.919. The molecule has 0 bridgehead atoms. The molecule has 2 rings (SSSR count). The van der Waals surface area contributed by atoms with E-state index in [4.69, 9.17) is 0 Å². The van der Waals surface area contributed by atoms with Gasteiger partial charge in [-0.05, 0) is 0 Å². The van der Waals surface area contributed by atoms with Crippen LogP contribution in [0.2, 0.25) is 0 Å². The molecule has 0 aliphatic carbocycles. The average molecular weight is 320 g/mol. The van der Waals surface area contributed by atoms with Gasteiger partial charge in [0.25, 0.3) is 5.91 Å². The van der Waals surface area contributed by atoms with Crippen LogP contribution in [0.3, 0.4) is 0 Å². The maximum atomic E-state index is 12.7. The summed E-state index contributed by atoms with van der Waals surface area (Å²) >= 11 is 0. The van der Waals surface area contributed by atoms with Crippen LogP contribution in [0.1, 0.15) is 20.3 Å². The third-order valence-electron chi connectivity index (χ3n) is 3.75. The van der Waals surface area contributed by atoms with Crippen LogP contribution < -0.4 is 9.88 Å². The van der Waals surface area contributed by atoms with Crippen molar-refractivity contribution in [1.29, 1.82) is 0 Å². The van der Waals surface area contributed by atoms with Crippen molar-refractivity contribution in [2.45, 2.75) is 38.4 Å². The van der Waals surface area contributed by atoms with Gasteiger partial charge in [-0.1, -0.05) is 6.07 Å². The van der Waals surface area contributed by atoms with Gasteiger partial charge in [0.05, 0.1) is 0 Å². The molecular weight excluding hydrogens is 302 g/mol. The molecule has 1 aromatic heterocycles. The monoisotopic (exact) mass is 320 g/mol. The Morgan fingerprint density at radius 2 is 1.91 bits per heavy atom. The first kappa shape index (κ1) is 16.6. The molecule has 8 heteroatoms. The van der Waals surface area contributed by atoms with Crippen molar-refractivity contribution in [3.63, 3.8) is 0 Å². The van der Waals surface area contributed by atoms with Gasteiger partial charge in [0.2, 0.25) is 11.8 Å². The zero-order valence-electron chi connectivity index (χ0n) is 12.9. The number of carboxylic acids is 1. The molecular formula is C15H18N3O5+. The molecule has 0 saturated carbocycles. The third-order valence-corrected chi connectivity index (χ3v) is 3.75. The Bertz CT molecular complexity index is 660. The first-order chi connectivity index (χ1) is 10.8. The molecule has 122 valence electrons. The fourth-order valence-electron chi connectivity index (χ4n) is 2.91. The number of carbonyl (C=O) groups excluding carboxylic acids is 3. The van der Waals surface area contributed by atoms with Crippen molar-refractivity contribution in [3.05, 3.63) is 30.6 Å². The number of nitrogens with zero attached hydrogens (tertiary/aromatic N) is 2. The maximum absolute atomic E-state index is 12.7. The van der Waals surface area contributed by atoms with Gasteiger partial charge in [0.1, 0.15) is 6.04 Å². The molecule has 1 aliphatic heterocycles. The fraction of sp³-hybridized carbons (Fsp3) is 0.400. The van der Waals surface area contributed by atoms with E-state index in [1.54, 1.807) is 35.2 Å². The second kappa shape index (κ2) is 6.15. The predicted molar refractivity (Wildman–Crippen MR) is 76.8 cm³/mol. The highest BCUT2D eigenvalue weighted by Crippen LogP contribution is 2.30. The number of hydrogen-bond acceptors (Lipinski definition) is 4. The number of pyridine rings is 1. The number of imide groups is 1. The van der Waals surface area contributed by atoms with Crippen LogP contribution in [0.25, 0.3) is 0 Å². The molecule has 1 aliphatic rings. The zero-order valence-corrected chi connectivity index (χ0v) is 12.9. The molecule has 3 amide bonds. The Morgan fingerprint density at radius 1 is 1.30 bits per heavy atom. The quantitative estimate of drug-likeness (QED) is 0.698. The molecule has 2 N–H and O–H groups in total. The topological polar surface area (TPSA) is 108 Å². The summed E-state index contributed by atoms with van der Waals surface area (Å²) in [6.45, 7) is 2.42. The van der Waals surface area contributed by atoms with E-state index < -0.39 is 35.3 Å². The molecule has 2 unspecified atom stereocenters. The number of likely N-dealkylation sites (tertiary alicyclic amines) is 1. The average Bonchev–Trinajstić information content (AvgIpc) is 2.73. The molecule has 1 aromatic rings. The standard InChI is InChI=1S/C15H17N3O5/c1-10(19)16-15(9-17-6-4-3-5-7-17)8-12(13(21)22)18(11(2)20)14(15)23/h3-7,12H,8-9H2,1-2H3,(H-,16,19,21,22)/p+1. The summed E-state index contributed by atoms with van der Waals surface area (Å²) in [4.78, 5) is 48.2. The normalized spacial score (nSPS) is 23.7. The SMILES string of the molecule is CC(=O)NC1(C[n+]2ccccc2)CC(C(=O)O)N(C(C)=O)C1=O. The van der Waals surface area contributed by atoms with Crippen LogP contribution in [0.15, 0.2) is 30.6 Å². The van der Waals surface area contributed by atoms with Crippen molar-refractivity contribution >= 4 is 23.7 Å². The largest absolute Gasteiger partial charge is 0.480 e. The molecule has 0 spiro atoms. The lowest BCUT2D eigenvalue weighted by atomic mass is 9.94. The van der Waals surface area contributed by atoms with E-state index in [1.165, 1.54) is 6.92 Å². The second-order valence-electron chi connectivity index (χ2n) is 5.56. The Kier molecular flexibility index (Phi) is 4.44. The minimum absolute atomic E-state index is 0.0415. The van der Waals surface area contributed by atoms with Gasteiger partial charge in [-0.25, -0.2) is 9.36 Å². The molecule has 0 radical (unpaired) electrons. The Morgan fingerprint density at radius 3 is 2.35 bits per heavy atom. The van der Waals surface area contributed by atoms with Crippen LogP contribution >= 0.6 is 0 Å². The molecule has 23 heavy (non-hydrogen) atoms. The van der Waals surface area contributed by atoms with Gasteiger partial charge in [0, 0.05) is 32.4 Å². The number of carbonyl (C=O) groups is 4. The highest BCUT2D eigenvalue weighted by Gasteiger charge is 2.58. The van der Waals surface area contributed by atoms with Crippen LogP contribution in [-0.2, 0) is 25.7 Å². The van der Waals surface area contributed by atoms with Gasteiger partial charge in [-0.3, -0.25) is 19.3 Å². The number of aromatic nitrogens is 1. The number of nitrogens with one attached hydrogen (secondary N) is 1. The zero-order chi connectivity index (χ0) is 17.2.